The fourth-order valence-electron chi connectivity index (χ4n) is 1.88. The summed E-state index contributed by atoms with van der Waals surface area (Å²) in [5, 5.41) is 11.8. The molecule has 0 aromatic carbocycles. The molecule has 0 saturated carbocycles. The third kappa shape index (κ3) is 1.88. The molecule has 2 aromatic rings. The monoisotopic (exact) mass is 286 g/mol. The van der Waals surface area contributed by atoms with Crippen LogP contribution in [0, 0.1) is 4.77 Å². The van der Waals surface area contributed by atoms with E-state index >= 15 is 0 Å². The lowest BCUT2D eigenvalue weighted by Crippen LogP contribution is -2.19. The van der Waals surface area contributed by atoms with E-state index in [-0.39, 0.29) is 28.6 Å². The first-order valence-corrected chi connectivity index (χ1v) is 6.73. The van der Waals surface area contributed by atoms with Crippen molar-refractivity contribution in [3.63, 3.8) is 0 Å². The van der Waals surface area contributed by atoms with Gasteiger partial charge in [-0.15, -0.1) is 11.8 Å². The summed E-state index contributed by atoms with van der Waals surface area (Å²) in [6.07, 6.45) is 1.48. The lowest BCUT2D eigenvalue weighted by Gasteiger charge is -2.08. The minimum atomic E-state index is -0.361. The number of nitrogens with zero attached hydrogens (tertiary/aromatic N) is 2. The Kier molecular flexibility index (Phi) is 2.98. The minimum Gasteiger partial charge on any atom is -0.393 e. The molecule has 0 radical (unpaired) electrons. The highest BCUT2D eigenvalue weighted by Crippen LogP contribution is 2.35. The van der Waals surface area contributed by atoms with Gasteiger partial charge >= 0.3 is 5.69 Å². The standard InChI is InChI=1S/C9H10N4O3S2/c14-2-6-16-5(3-18-6)4-1-10-13-7(4)11-8(17)12-9(13)15/h1,5-6,10,14H,2-3H2,(H,12,15,17)/t5-,6+/m0/s1. The van der Waals surface area contributed by atoms with Crippen LogP contribution in [-0.4, -0.2) is 42.5 Å². The van der Waals surface area contributed by atoms with E-state index < -0.39 is 0 Å². The lowest BCUT2D eigenvalue weighted by molar-refractivity contribution is 0.0350. The zero-order chi connectivity index (χ0) is 12.7. The summed E-state index contributed by atoms with van der Waals surface area (Å²) in [4.78, 5) is 18.2. The van der Waals surface area contributed by atoms with E-state index in [0.717, 1.165) is 5.56 Å². The quantitative estimate of drug-likeness (QED) is 0.683. The van der Waals surface area contributed by atoms with Crippen LogP contribution >= 0.6 is 24.0 Å². The van der Waals surface area contributed by atoms with Crippen LogP contribution in [-0.2, 0) is 4.74 Å². The maximum absolute atomic E-state index is 11.6. The Bertz CT molecular complexity index is 691. The Morgan fingerprint density at radius 2 is 2.56 bits per heavy atom. The number of hydrogen-bond donors (Lipinski definition) is 3. The Balaban J connectivity index is 2.08. The van der Waals surface area contributed by atoms with Crippen molar-refractivity contribution in [2.45, 2.75) is 11.5 Å². The van der Waals surface area contributed by atoms with Gasteiger partial charge in [-0.05, 0) is 12.2 Å². The topological polar surface area (TPSA) is 95.4 Å². The largest absolute Gasteiger partial charge is 0.393 e. The van der Waals surface area contributed by atoms with Gasteiger partial charge in [0.2, 0.25) is 4.77 Å². The molecule has 3 N–H and O–H groups in total. The van der Waals surface area contributed by atoms with Gasteiger partial charge < -0.3 is 9.84 Å². The number of H-pyrrole nitrogens is 2. The van der Waals surface area contributed by atoms with Crippen molar-refractivity contribution in [2.75, 3.05) is 12.4 Å². The average molecular weight is 286 g/mol. The molecule has 0 amide bonds. The summed E-state index contributed by atoms with van der Waals surface area (Å²) in [5.74, 6) is 0.708. The molecular weight excluding hydrogens is 276 g/mol. The second-order valence-corrected chi connectivity index (χ2v) is 5.38. The summed E-state index contributed by atoms with van der Waals surface area (Å²) in [6.45, 7) is -0.0308. The van der Waals surface area contributed by atoms with Gasteiger partial charge in [0.1, 0.15) is 5.44 Å². The molecule has 2 aromatic heterocycles. The number of hydrogen-bond acceptors (Lipinski definition) is 6. The van der Waals surface area contributed by atoms with Gasteiger partial charge in [-0.25, -0.2) is 4.79 Å². The van der Waals surface area contributed by atoms with Crippen molar-refractivity contribution in [1.82, 2.24) is 19.6 Å². The van der Waals surface area contributed by atoms with Crippen LogP contribution in [0.15, 0.2) is 11.0 Å². The predicted octanol–water partition coefficient (Wildman–Crippen LogP) is 0.203. The van der Waals surface area contributed by atoms with Gasteiger partial charge in [0.05, 0.1) is 12.7 Å². The number of aromatic nitrogens is 4. The second kappa shape index (κ2) is 4.50. The molecule has 0 spiro atoms. The highest BCUT2D eigenvalue weighted by atomic mass is 32.2. The van der Waals surface area contributed by atoms with E-state index in [4.69, 9.17) is 22.1 Å². The molecule has 0 aliphatic carbocycles. The SMILES string of the molecule is O=c1[nH]c(=S)nc2c([C@@H]3CS[C@H](CO)O3)c[nH]n12. The summed E-state index contributed by atoms with van der Waals surface area (Å²) in [7, 11) is 0. The molecule has 1 aliphatic rings. The van der Waals surface area contributed by atoms with E-state index in [1.807, 2.05) is 0 Å². The molecule has 18 heavy (non-hydrogen) atoms. The highest BCUT2D eigenvalue weighted by Gasteiger charge is 2.29. The molecule has 1 fully saturated rings. The average Bonchev–Trinajstić information content (AvgIpc) is 2.93. The van der Waals surface area contributed by atoms with Crippen molar-refractivity contribution in [3.8, 4) is 0 Å². The van der Waals surface area contributed by atoms with E-state index in [0.29, 0.717) is 11.4 Å². The van der Waals surface area contributed by atoms with Gasteiger partial charge in [0, 0.05) is 17.5 Å². The van der Waals surface area contributed by atoms with Crippen LogP contribution in [0.25, 0.3) is 5.65 Å². The molecule has 9 heteroatoms. The number of fused-ring (bicyclic) bond motifs is 1. The highest BCUT2D eigenvalue weighted by molar-refractivity contribution is 8.00. The molecule has 96 valence electrons. The summed E-state index contributed by atoms with van der Waals surface area (Å²) in [6, 6.07) is 0. The van der Waals surface area contributed by atoms with Gasteiger partial charge in [-0.1, -0.05) is 0 Å². The molecule has 0 unspecified atom stereocenters. The van der Waals surface area contributed by atoms with Crippen LogP contribution in [0.1, 0.15) is 11.7 Å². The Labute approximate surface area is 110 Å². The van der Waals surface area contributed by atoms with Crippen LogP contribution in [0.2, 0.25) is 0 Å². The third-order valence-electron chi connectivity index (χ3n) is 2.69. The zero-order valence-corrected chi connectivity index (χ0v) is 10.8. The number of rotatable bonds is 2. The maximum Gasteiger partial charge on any atom is 0.348 e. The number of nitrogens with one attached hydrogen (secondary N) is 2. The maximum atomic E-state index is 11.6. The molecule has 3 heterocycles. The molecule has 0 bridgehead atoms. The fourth-order valence-corrected chi connectivity index (χ4v) is 3.02. The number of aliphatic hydroxyl groups excluding tert-OH is 1. The summed E-state index contributed by atoms with van der Waals surface area (Å²) >= 11 is 6.42. The van der Waals surface area contributed by atoms with Gasteiger partial charge in [0.15, 0.2) is 5.65 Å². The number of ether oxygens (including phenoxy) is 1. The summed E-state index contributed by atoms with van der Waals surface area (Å²) in [5.41, 5.74) is 0.652. The minimum absolute atomic E-state index is 0.0308. The molecule has 2 atom stereocenters. The van der Waals surface area contributed by atoms with Crippen molar-refractivity contribution < 1.29 is 9.84 Å². The first kappa shape index (κ1) is 11.9. The number of aromatic amines is 2. The normalized spacial score (nSPS) is 23.8. The van der Waals surface area contributed by atoms with Crippen LogP contribution < -0.4 is 5.69 Å². The van der Waals surface area contributed by atoms with Gasteiger partial charge in [-0.2, -0.15) is 9.50 Å². The van der Waals surface area contributed by atoms with Crippen molar-refractivity contribution in [2.24, 2.45) is 0 Å². The summed E-state index contributed by atoms with van der Waals surface area (Å²) < 4.78 is 7.06. The fraction of sp³-hybridized carbons (Fsp3) is 0.444. The molecule has 1 aliphatic heterocycles. The molecule has 7 nitrogen and oxygen atoms in total. The van der Waals surface area contributed by atoms with Gasteiger partial charge in [0.25, 0.3) is 0 Å². The van der Waals surface area contributed by atoms with E-state index in [2.05, 4.69) is 15.1 Å². The molecular formula is C9H10N4O3S2. The van der Waals surface area contributed by atoms with E-state index in [1.165, 1.54) is 16.3 Å². The number of thioether (sulfide) groups is 1. The van der Waals surface area contributed by atoms with Crippen LogP contribution in [0.5, 0.6) is 0 Å². The number of aliphatic hydroxyl groups is 1. The Morgan fingerprint density at radius 1 is 1.72 bits per heavy atom. The van der Waals surface area contributed by atoms with E-state index in [9.17, 15) is 4.79 Å². The predicted molar refractivity (Wildman–Crippen MR) is 68.2 cm³/mol. The van der Waals surface area contributed by atoms with Crippen LogP contribution in [0.3, 0.4) is 0 Å². The van der Waals surface area contributed by atoms with Crippen molar-refractivity contribution in [3.05, 3.63) is 27.0 Å². The molecule has 1 saturated heterocycles. The Hall–Kier alpha value is -1.16. The van der Waals surface area contributed by atoms with E-state index in [1.54, 1.807) is 6.20 Å². The van der Waals surface area contributed by atoms with Crippen LogP contribution in [0.4, 0.5) is 0 Å². The smallest absolute Gasteiger partial charge is 0.348 e. The Morgan fingerprint density at radius 3 is 3.28 bits per heavy atom. The molecule has 3 rings (SSSR count). The zero-order valence-electron chi connectivity index (χ0n) is 9.12. The third-order valence-corrected chi connectivity index (χ3v) is 4.01. The van der Waals surface area contributed by atoms with Gasteiger partial charge in [-0.3, -0.25) is 10.1 Å². The second-order valence-electron chi connectivity index (χ2n) is 3.81. The van der Waals surface area contributed by atoms with Crippen molar-refractivity contribution in [1.29, 1.82) is 0 Å². The van der Waals surface area contributed by atoms with Crippen molar-refractivity contribution >= 4 is 29.6 Å². The lowest BCUT2D eigenvalue weighted by atomic mass is 10.2. The first-order chi connectivity index (χ1) is 8.69. The first-order valence-electron chi connectivity index (χ1n) is 5.27.